The van der Waals surface area contributed by atoms with Gasteiger partial charge < -0.3 is 14.2 Å². The second kappa shape index (κ2) is 9.12. The van der Waals surface area contributed by atoms with E-state index in [2.05, 4.69) is 9.97 Å². The molecule has 0 spiro atoms. The first-order chi connectivity index (χ1) is 19.6. The number of phosphoric acid groups is 1. The third kappa shape index (κ3) is 3.98. The summed E-state index contributed by atoms with van der Waals surface area (Å²) in [6.07, 6.45) is 3.69. The van der Waals surface area contributed by atoms with Crippen LogP contribution in [0.3, 0.4) is 0 Å². The molecule has 2 atom stereocenters. The molecule has 41 heavy (non-hydrogen) atoms. The minimum absolute atomic E-state index is 0.0323. The van der Waals surface area contributed by atoms with Gasteiger partial charge in [-0.05, 0) is 43.7 Å². The van der Waals surface area contributed by atoms with E-state index in [0.29, 0.717) is 34.6 Å². The number of halogens is 2. The standard InChI is InChI=1S/C27H24F2N5O6P/c1-4-37-41(36)39-27(3,40-41)25-30-12-16(13-31-25)15-8-9-17-19(10-15)34-20-11-21(24(34)32-17)33(14(2)35)18-6-5-7-22(23(18)20)38-26(28)29/h5-10,12-13,20-21,26H,4,11H2,1-3H3/t20-,21-,27?,41?/m1/s1. The predicted octanol–water partition coefficient (Wildman–Crippen LogP) is 5.86. The number of benzene rings is 2. The molecule has 2 aromatic heterocycles. The van der Waals surface area contributed by atoms with Crippen LogP contribution in [0.5, 0.6) is 5.75 Å². The number of nitrogens with zero attached hydrogens (tertiary/aromatic N) is 5. The van der Waals surface area contributed by atoms with Crippen molar-refractivity contribution >= 4 is 30.5 Å². The van der Waals surface area contributed by atoms with Crippen LogP contribution in [0.25, 0.3) is 22.2 Å². The second-order valence-corrected chi connectivity index (χ2v) is 11.6. The van der Waals surface area contributed by atoms with E-state index >= 15 is 0 Å². The third-order valence-corrected chi connectivity index (χ3v) is 9.24. The lowest BCUT2D eigenvalue weighted by Crippen LogP contribution is -2.39. The highest BCUT2D eigenvalue weighted by Gasteiger charge is 2.57. The Morgan fingerprint density at radius 3 is 2.61 bits per heavy atom. The summed E-state index contributed by atoms with van der Waals surface area (Å²) in [5.41, 5.74) is 4.01. The molecule has 0 aliphatic carbocycles. The SMILES string of the molecule is CCOP1(=O)OC(C)(c2ncc(-c3ccc4nc5n(c4c3)[C@@H]3C[C@H]5N(C(C)=O)c4cccc(OC(F)F)c43)cn2)O1. The summed E-state index contributed by atoms with van der Waals surface area (Å²) in [5, 5.41) is 0. The summed E-state index contributed by atoms with van der Waals surface area (Å²) in [4.78, 5) is 28.0. The minimum atomic E-state index is -3.60. The average molecular weight is 583 g/mol. The largest absolute Gasteiger partial charge is 0.480 e. The van der Waals surface area contributed by atoms with Crippen LogP contribution in [0, 0.1) is 0 Å². The molecule has 3 aliphatic rings. The molecule has 4 aromatic rings. The van der Waals surface area contributed by atoms with Gasteiger partial charge in [0.05, 0.1) is 35.4 Å². The van der Waals surface area contributed by atoms with Crippen LogP contribution < -0.4 is 9.64 Å². The maximum absolute atomic E-state index is 13.3. The molecule has 7 rings (SSSR count). The summed E-state index contributed by atoms with van der Waals surface area (Å²) in [5.74, 6) is -0.697. The Morgan fingerprint density at radius 1 is 1.17 bits per heavy atom. The van der Waals surface area contributed by atoms with Crippen molar-refractivity contribution in [1.82, 2.24) is 19.5 Å². The Bertz CT molecular complexity index is 1750. The summed E-state index contributed by atoms with van der Waals surface area (Å²) < 4.78 is 61.7. The van der Waals surface area contributed by atoms with Gasteiger partial charge in [-0.25, -0.2) is 28.6 Å². The highest BCUT2D eigenvalue weighted by atomic mass is 31.2. The molecule has 11 nitrogen and oxygen atoms in total. The quantitative estimate of drug-likeness (QED) is 0.257. The lowest BCUT2D eigenvalue weighted by Gasteiger charge is -2.40. The number of hydrogen-bond donors (Lipinski definition) is 0. The van der Waals surface area contributed by atoms with Gasteiger partial charge in [-0.15, -0.1) is 0 Å². The number of phosphoric ester groups is 1. The van der Waals surface area contributed by atoms with Crippen molar-refractivity contribution in [1.29, 1.82) is 0 Å². The van der Waals surface area contributed by atoms with E-state index in [0.717, 1.165) is 11.1 Å². The van der Waals surface area contributed by atoms with Gasteiger partial charge >= 0.3 is 14.4 Å². The van der Waals surface area contributed by atoms with Crippen LogP contribution in [0.2, 0.25) is 0 Å². The van der Waals surface area contributed by atoms with Crippen molar-refractivity contribution in [3.63, 3.8) is 0 Å². The Kier molecular flexibility index (Phi) is 5.81. The van der Waals surface area contributed by atoms with Gasteiger partial charge in [0, 0.05) is 36.9 Å². The molecule has 0 unspecified atom stereocenters. The maximum atomic E-state index is 13.3. The molecule has 1 fully saturated rings. The lowest BCUT2D eigenvalue weighted by atomic mass is 9.93. The second-order valence-electron chi connectivity index (χ2n) is 10.1. The maximum Gasteiger partial charge on any atom is 0.480 e. The number of carbonyl (C=O) groups excluding carboxylic acids is 1. The Hall–Kier alpha value is -3.77. The summed E-state index contributed by atoms with van der Waals surface area (Å²) in [6, 6.07) is 9.81. The molecule has 212 valence electrons. The molecule has 2 bridgehead atoms. The molecule has 0 saturated carbocycles. The van der Waals surface area contributed by atoms with Crippen LogP contribution in [0.1, 0.15) is 56.5 Å². The van der Waals surface area contributed by atoms with E-state index in [-0.39, 0.29) is 36.2 Å². The molecule has 3 aliphatic heterocycles. The molecule has 0 N–H and O–H groups in total. The fraction of sp³-hybridized carbons (Fsp3) is 0.333. The zero-order chi connectivity index (χ0) is 28.7. The van der Waals surface area contributed by atoms with Crippen LogP contribution in [0.4, 0.5) is 14.5 Å². The molecule has 5 heterocycles. The van der Waals surface area contributed by atoms with Crippen molar-refractivity contribution < 1.29 is 36.4 Å². The van der Waals surface area contributed by atoms with Crippen molar-refractivity contribution in [3.8, 4) is 16.9 Å². The predicted molar refractivity (Wildman–Crippen MR) is 141 cm³/mol. The highest BCUT2D eigenvalue weighted by Crippen LogP contribution is 2.67. The first-order valence-corrected chi connectivity index (χ1v) is 14.5. The Labute approximate surface area is 232 Å². The van der Waals surface area contributed by atoms with Gasteiger partial charge in [0.1, 0.15) is 11.6 Å². The van der Waals surface area contributed by atoms with E-state index in [1.165, 1.54) is 13.0 Å². The Morgan fingerprint density at radius 2 is 1.93 bits per heavy atom. The van der Waals surface area contributed by atoms with E-state index in [4.69, 9.17) is 23.3 Å². The number of imidazole rings is 1. The number of rotatable bonds is 6. The van der Waals surface area contributed by atoms with Gasteiger partial charge in [0.25, 0.3) is 0 Å². The van der Waals surface area contributed by atoms with Crippen molar-refractivity contribution in [2.45, 2.75) is 51.7 Å². The van der Waals surface area contributed by atoms with Gasteiger partial charge in [-0.2, -0.15) is 8.78 Å². The average Bonchev–Trinajstić information content (AvgIpc) is 3.43. The van der Waals surface area contributed by atoms with Crippen LogP contribution in [0.15, 0.2) is 48.8 Å². The number of amides is 1. The number of fused-ring (bicyclic) bond motifs is 9. The number of hydrogen-bond acceptors (Lipinski definition) is 9. The molecule has 1 amide bonds. The van der Waals surface area contributed by atoms with Gasteiger partial charge in [-0.1, -0.05) is 12.1 Å². The first kappa shape index (κ1) is 26.1. The van der Waals surface area contributed by atoms with E-state index in [1.807, 2.05) is 22.8 Å². The van der Waals surface area contributed by atoms with E-state index in [9.17, 15) is 18.1 Å². The van der Waals surface area contributed by atoms with Crippen LogP contribution >= 0.6 is 7.82 Å². The third-order valence-electron chi connectivity index (χ3n) is 7.53. The zero-order valence-corrected chi connectivity index (χ0v) is 23.0. The van der Waals surface area contributed by atoms with Gasteiger partial charge in [-0.3, -0.25) is 9.32 Å². The van der Waals surface area contributed by atoms with Gasteiger partial charge in [0.15, 0.2) is 5.82 Å². The van der Waals surface area contributed by atoms with Crippen LogP contribution in [-0.2, 0) is 28.7 Å². The number of ether oxygens (including phenoxy) is 1. The zero-order valence-electron chi connectivity index (χ0n) is 22.2. The number of alkyl halides is 2. The normalized spacial score (nSPS) is 26.1. The van der Waals surface area contributed by atoms with Crippen LogP contribution in [-0.4, -0.2) is 38.6 Å². The minimum Gasteiger partial charge on any atom is -0.434 e. The lowest BCUT2D eigenvalue weighted by molar-refractivity contribution is -0.222. The highest BCUT2D eigenvalue weighted by molar-refractivity contribution is 7.49. The number of anilines is 1. The molecule has 1 saturated heterocycles. The van der Waals surface area contributed by atoms with Crippen molar-refractivity contribution in [2.24, 2.45) is 0 Å². The molecular weight excluding hydrogens is 559 g/mol. The van der Waals surface area contributed by atoms with Crippen molar-refractivity contribution in [2.75, 3.05) is 11.5 Å². The van der Waals surface area contributed by atoms with E-state index in [1.54, 1.807) is 43.3 Å². The fourth-order valence-corrected chi connectivity index (χ4v) is 7.47. The monoisotopic (exact) mass is 583 g/mol. The number of aromatic nitrogens is 4. The summed E-state index contributed by atoms with van der Waals surface area (Å²) >= 11 is 0. The topological polar surface area (TPSA) is 118 Å². The summed E-state index contributed by atoms with van der Waals surface area (Å²) in [7, 11) is -3.60. The van der Waals surface area contributed by atoms with Gasteiger partial charge in [0.2, 0.25) is 11.7 Å². The Balaban J connectivity index is 1.28. The fourth-order valence-electron chi connectivity index (χ4n) is 6.01. The van der Waals surface area contributed by atoms with E-state index < -0.39 is 20.2 Å². The summed E-state index contributed by atoms with van der Waals surface area (Å²) in [6.45, 7) is 1.86. The molecule has 0 radical (unpaired) electrons. The smallest absolute Gasteiger partial charge is 0.434 e. The number of carbonyl (C=O) groups is 1. The molecule has 14 heteroatoms. The first-order valence-electron chi connectivity index (χ1n) is 13.0. The molecular formula is C27H24F2N5O6P. The van der Waals surface area contributed by atoms with Crippen molar-refractivity contribution in [3.05, 3.63) is 66.0 Å². The molecule has 2 aromatic carbocycles.